The topological polar surface area (TPSA) is 50.2 Å². The molecule has 5 nitrogen and oxygen atoms in total. The molecule has 3 heterocycles. The maximum Gasteiger partial charge on any atom is 0.326 e. The third-order valence-electron chi connectivity index (χ3n) is 6.32. The second kappa shape index (κ2) is 10.8. The highest BCUT2D eigenvalue weighted by molar-refractivity contribution is 6.42. The van der Waals surface area contributed by atoms with E-state index in [9.17, 15) is 13.6 Å². The maximum absolute atomic E-state index is 13.4. The van der Waals surface area contributed by atoms with Crippen molar-refractivity contribution in [3.63, 3.8) is 0 Å². The third kappa shape index (κ3) is 5.50. The van der Waals surface area contributed by atoms with Crippen LogP contribution in [0.5, 0.6) is 0 Å². The Bertz CT molecular complexity index is 1540. The molecule has 37 heavy (non-hydrogen) atoms. The first-order valence-electron chi connectivity index (χ1n) is 11.5. The molecular weight excluding hydrogens is 541 g/mol. The van der Waals surface area contributed by atoms with Gasteiger partial charge in [0.05, 0.1) is 20.6 Å². The van der Waals surface area contributed by atoms with Gasteiger partial charge in [-0.3, -0.25) is 9.47 Å². The number of hydrogen-bond acceptors (Lipinski definition) is 3. The van der Waals surface area contributed by atoms with Gasteiger partial charge in [-0.2, -0.15) is 4.39 Å². The third-order valence-corrected chi connectivity index (χ3v) is 7.34. The van der Waals surface area contributed by atoms with Gasteiger partial charge in [-0.05, 0) is 53.1 Å². The molecule has 2 aromatic carbocycles. The predicted octanol–water partition coefficient (Wildman–Crippen LogP) is 7.10. The SMILES string of the molecule is O=C(NCc1ccnc(F)c1)n1c2c(c3cc(Cl)c(Cl)cc31)CN(CC=Cc1ccc(F)c(Cl)c1)CC2. The van der Waals surface area contributed by atoms with Gasteiger partial charge in [-0.25, -0.2) is 14.2 Å². The van der Waals surface area contributed by atoms with Crippen LogP contribution in [0.3, 0.4) is 0 Å². The fourth-order valence-corrected chi connectivity index (χ4v) is 5.07. The first-order valence-corrected chi connectivity index (χ1v) is 12.7. The minimum absolute atomic E-state index is 0.0838. The molecule has 1 amide bonds. The fraction of sp³-hybridized carbons (Fsp3) is 0.185. The van der Waals surface area contributed by atoms with Crippen molar-refractivity contribution in [2.75, 3.05) is 13.1 Å². The molecular formula is C27H21Cl3F2N4O. The summed E-state index contributed by atoms with van der Waals surface area (Å²) >= 11 is 18.5. The number of amides is 1. The average molecular weight is 562 g/mol. The quantitative estimate of drug-likeness (QED) is 0.264. The summed E-state index contributed by atoms with van der Waals surface area (Å²) in [7, 11) is 0. The summed E-state index contributed by atoms with van der Waals surface area (Å²) < 4.78 is 28.5. The van der Waals surface area contributed by atoms with Crippen LogP contribution < -0.4 is 5.32 Å². The van der Waals surface area contributed by atoms with Crippen molar-refractivity contribution in [2.24, 2.45) is 0 Å². The summed E-state index contributed by atoms with van der Waals surface area (Å²) in [5.74, 6) is -1.05. The Balaban J connectivity index is 1.39. The second-order valence-corrected chi connectivity index (χ2v) is 9.97. The van der Waals surface area contributed by atoms with E-state index in [4.69, 9.17) is 34.8 Å². The molecule has 2 aromatic heterocycles. The van der Waals surface area contributed by atoms with Gasteiger partial charge in [-0.15, -0.1) is 0 Å². The van der Waals surface area contributed by atoms with E-state index in [1.807, 2.05) is 12.2 Å². The van der Waals surface area contributed by atoms with E-state index < -0.39 is 11.8 Å². The van der Waals surface area contributed by atoms with Crippen LogP contribution in [-0.4, -0.2) is 33.6 Å². The van der Waals surface area contributed by atoms with Gasteiger partial charge >= 0.3 is 6.03 Å². The Kier molecular flexibility index (Phi) is 7.49. The summed E-state index contributed by atoms with van der Waals surface area (Å²) in [6.07, 6.45) is 5.89. The lowest BCUT2D eigenvalue weighted by Crippen LogP contribution is -2.34. The van der Waals surface area contributed by atoms with E-state index in [1.54, 1.807) is 34.9 Å². The molecule has 0 atom stereocenters. The minimum Gasteiger partial charge on any atom is -0.333 e. The summed E-state index contributed by atoms with van der Waals surface area (Å²) in [4.78, 5) is 19.1. The number of aromatic nitrogens is 2. The molecule has 1 aliphatic rings. The number of benzene rings is 2. The van der Waals surface area contributed by atoms with E-state index in [0.717, 1.165) is 28.8 Å². The molecule has 0 fully saturated rings. The number of halogens is 5. The normalized spacial score (nSPS) is 13.9. The molecule has 5 rings (SSSR count). The Morgan fingerprint density at radius 1 is 1.05 bits per heavy atom. The number of carbonyl (C=O) groups excluding carboxylic acids is 1. The average Bonchev–Trinajstić information content (AvgIpc) is 3.17. The molecule has 10 heteroatoms. The fourth-order valence-electron chi connectivity index (χ4n) is 4.56. The van der Waals surface area contributed by atoms with Crippen molar-refractivity contribution in [3.8, 4) is 0 Å². The van der Waals surface area contributed by atoms with Crippen LogP contribution >= 0.6 is 34.8 Å². The smallest absolute Gasteiger partial charge is 0.326 e. The molecule has 0 spiro atoms. The Morgan fingerprint density at radius 2 is 1.86 bits per heavy atom. The van der Waals surface area contributed by atoms with Crippen LogP contribution in [0.15, 0.2) is 54.7 Å². The Morgan fingerprint density at radius 3 is 2.65 bits per heavy atom. The van der Waals surface area contributed by atoms with Crippen molar-refractivity contribution in [2.45, 2.75) is 19.5 Å². The highest BCUT2D eigenvalue weighted by atomic mass is 35.5. The minimum atomic E-state index is -0.603. The van der Waals surface area contributed by atoms with Crippen molar-refractivity contribution >= 4 is 57.8 Å². The summed E-state index contributed by atoms with van der Waals surface area (Å²) in [5.41, 5.74) is 3.97. The summed E-state index contributed by atoms with van der Waals surface area (Å²) in [6.45, 7) is 2.14. The van der Waals surface area contributed by atoms with Gasteiger partial charge in [0.2, 0.25) is 5.95 Å². The first-order chi connectivity index (χ1) is 17.8. The predicted molar refractivity (Wildman–Crippen MR) is 143 cm³/mol. The Labute approximate surface area is 227 Å². The monoisotopic (exact) mass is 560 g/mol. The van der Waals surface area contributed by atoms with E-state index in [0.29, 0.717) is 40.6 Å². The maximum atomic E-state index is 13.4. The number of fused-ring (bicyclic) bond motifs is 3. The lowest BCUT2D eigenvalue weighted by molar-refractivity contribution is 0.240. The standard InChI is InChI=1S/C27H21Cl3F2N4O/c28-20-12-18-19-15-35(8-1-2-16-3-4-23(31)22(30)10-16)9-6-24(19)36(25(18)13-21(20)29)27(37)34-14-17-5-7-33-26(32)11-17/h1-5,7,10-13H,6,8-9,14-15H2,(H,34,37). The molecule has 0 bridgehead atoms. The number of hydrogen-bond donors (Lipinski definition) is 1. The van der Waals surface area contributed by atoms with Crippen molar-refractivity contribution in [1.29, 1.82) is 0 Å². The van der Waals surface area contributed by atoms with Crippen LogP contribution in [0.25, 0.3) is 17.0 Å². The molecule has 190 valence electrons. The first kappa shape index (κ1) is 25.7. The van der Waals surface area contributed by atoms with Crippen LogP contribution in [0.2, 0.25) is 15.1 Å². The zero-order valence-electron chi connectivity index (χ0n) is 19.4. The van der Waals surface area contributed by atoms with Gasteiger partial charge < -0.3 is 5.32 Å². The van der Waals surface area contributed by atoms with Gasteiger partial charge in [0.25, 0.3) is 0 Å². The van der Waals surface area contributed by atoms with Gasteiger partial charge in [0.15, 0.2) is 0 Å². The van der Waals surface area contributed by atoms with E-state index in [2.05, 4.69) is 15.2 Å². The molecule has 4 aromatic rings. The van der Waals surface area contributed by atoms with Gasteiger partial charge in [-0.1, -0.05) is 53.0 Å². The van der Waals surface area contributed by atoms with Crippen LogP contribution in [0.1, 0.15) is 22.4 Å². The van der Waals surface area contributed by atoms with Crippen LogP contribution in [0, 0.1) is 11.8 Å². The summed E-state index contributed by atoms with van der Waals surface area (Å²) in [5, 5.41) is 4.57. The van der Waals surface area contributed by atoms with E-state index in [1.165, 1.54) is 18.3 Å². The van der Waals surface area contributed by atoms with Crippen LogP contribution in [0.4, 0.5) is 13.6 Å². The highest BCUT2D eigenvalue weighted by Gasteiger charge is 2.27. The molecule has 0 unspecified atom stereocenters. The zero-order valence-corrected chi connectivity index (χ0v) is 21.7. The molecule has 0 radical (unpaired) electrons. The molecule has 0 saturated heterocycles. The van der Waals surface area contributed by atoms with Gasteiger partial charge in [0.1, 0.15) is 5.82 Å². The number of carbonyl (C=O) groups is 1. The highest BCUT2D eigenvalue weighted by Crippen LogP contribution is 2.36. The van der Waals surface area contributed by atoms with E-state index in [-0.39, 0.29) is 17.6 Å². The number of nitrogens with zero attached hydrogens (tertiary/aromatic N) is 3. The summed E-state index contributed by atoms with van der Waals surface area (Å²) in [6, 6.07) is 10.7. The van der Waals surface area contributed by atoms with Crippen LogP contribution in [-0.2, 0) is 19.5 Å². The molecule has 1 aliphatic heterocycles. The number of nitrogens with one attached hydrogen (secondary N) is 1. The van der Waals surface area contributed by atoms with Crippen molar-refractivity contribution in [1.82, 2.24) is 19.8 Å². The molecule has 0 saturated carbocycles. The number of pyridine rings is 1. The number of rotatable bonds is 5. The van der Waals surface area contributed by atoms with Crippen molar-refractivity contribution in [3.05, 3.63) is 104 Å². The molecule has 1 N–H and O–H groups in total. The van der Waals surface area contributed by atoms with Crippen molar-refractivity contribution < 1.29 is 13.6 Å². The van der Waals surface area contributed by atoms with E-state index >= 15 is 0 Å². The lowest BCUT2D eigenvalue weighted by atomic mass is 10.0. The Hall–Kier alpha value is -2.97. The zero-order chi connectivity index (χ0) is 26.1. The van der Waals surface area contributed by atoms with Gasteiger partial charge in [0, 0.05) is 49.9 Å². The largest absolute Gasteiger partial charge is 0.333 e. The lowest BCUT2D eigenvalue weighted by Gasteiger charge is -2.27. The molecule has 0 aliphatic carbocycles. The second-order valence-electron chi connectivity index (χ2n) is 8.75.